The first-order valence-electron chi connectivity index (χ1n) is 10.6. The Morgan fingerprint density at radius 1 is 1.32 bits per heavy atom. The van der Waals surface area contributed by atoms with Gasteiger partial charge in [-0.15, -0.1) is 0 Å². The van der Waals surface area contributed by atoms with Crippen LogP contribution in [0, 0.1) is 0 Å². The molecule has 1 fully saturated rings. The van der Waals surface area contributed by atoms with Gasteiger partial charge in [-0.2, -0.15) is 0 Å². The van der Waals surface area contributed by atoms with Gasteiger partial charge in [-0.05, 0) is 65.1 Å². The normalized spacial score (nSPS) is 17.5. The minimum atomic E-state index is -1.85. The van der Waals surface area contributed by atoms with E-state index in [0.29, 0.717) is 16.0 Å². The van der Waals surface area contributed by atoms with Gasteiger partial charge in [-0.3, -0.25) is 9.78 Å². The molecule has 0 radical (unpaired) electrons. The molecule has 0 saturated carbocycles. The van der Waals surface area contributed by atoms with Crippen molar-refractivity contribution in [3.05, 3.63) is 40.9 Å². The van der Waals surface area contributed by atoms with E-state index in [0.717, 1.165) is 31.6 Å². The Morgan fingerprint density at radius 2 is 2.06 bits per heavy atom. The van der Waals surface area contributed by atoms with E-state index in [1.165, 1.54) is 0 Å². The number of piperidine rings is 1. The largest absolute Gasteiger partial charge is 0.412 e. The van der Waals surface area contributed by atoms with Crippen LogP contribution in [-0.2, 0) is 4.43 Å². The molecule has 0 aliphatic carbocycles. The Kier molecular flexibility index (Phi) is 7.07. The number of anilines is 3. The number of carbonyl (C=O) groups is 1. The number of hydrogen-bond acceptors (Lipinski definition) is 6. The topological polar surface area (TPSA) is 93.4 Å². The molecule has 168 valence electrons. The molecule has 31 heavy (non-hydrogen) atoms. The summed E-state index contributed by atoms with van der Waals surface area (Å²) < 4.78 is 7.23. The van der Waals surface area contributed by atoms with Gasteiger partial charge in [0.05, 0.1) is 29.4 Å². The number of amides is 1. The molecule has 2 aromatic rings. The summed E-state index contributed by atoms with van der Waals surface area (Å²) >= 11 is 3.29. The van der Waals surface area contributed by atoms with Crippen LogP contribution in [0.1, 0.15) is 44.1 Å². The van der Waals surface area contributed by atoms with Crippen LogP contribution in [0.2, 0.25) is 18.1 Å². The Bertz CT molecular complexity index is 948. The minimum absolute atomic E-state index is 0.169. The number of hydrogen-bond donors (Lipinski definition) is 2. The number of rotatable bonds is 5. The molecule has 0 bridgehead atoms. The fourth-order valence-electron chi connectivity index (χ4n) is 3.42. The summed E-state index contributed by atoms with van der Waals surface area (Å²) in [5.41, 5.74) is 8.03. The van der Waals surface area contributed by atoms with E-state index in [9.17, 15) is 4.79 Å². The monoisotopic (exact) mass is 505 g/mol. The highest BCUT2D eigenvalue weighted by molar-refractivity contribution is 9.10. The van der Waals surface area contributed by atoms with Crippen molar-refractivity contribution in [3.63, 3.8) is 0 Å². The number of nitrogens with one attached hydrogen (secondary N) is 1. The first-order valence-corrected chi connectivity index (χ1v) is 14.3. The van der Waals surface area contributed by atoms with E-state index in [1.807, 2.05) is 6.07 Å². The smallest absolute Gasteiger partial charge is 0.276 e. The van der Waals surface area contributed by atoms with Gasteiger partial charge in [0, 0.05) is 19.3 Å². The van der Waals surface area contributed by atoms with E-state index in [2.05, 4.69) is 70.0 Å². The molecule has 3 heterocycles. The predicted molar refractivity (Wildman–Crippen MR) is 132 cm³/mol. The first-order chi connectivity index (χ1) is 14.5. The molecule has 1 saturated heterocycles. The first kappa shape index (κ1) is 23.7. The van der Waals surface area contributed by atoms with Gasteiger partial charge in [0.1, 0.15) is 4.60 Å². The fraction of sp³-hybridized carbons (Fsp3) is 0.500. The maximum Gasteiger partial charge on any atom is 0.276 e. The number of nitrogens with two attached hydrogens (primary N) is 1. The van der Waals surface area contributed by atoms with E-state index in [1.54, 1.807) is 24.5 Å². The third-order valence-electron chi connectivity index (χ3n) is 6.14. The lowest BCUT2D eigenvalue weighted by atomic mass is 10.1. The van der Waals surface area contributed by atoms with Gasteiger partial charge in [-0.1, -0.05) is 20.8 Å². The average molecular weight is 507 g/mol. The molecule has 1 unspecified atom stereocenters. The zero-order chi connectivity index (χ0) is 22.8. The quantitative estimate of drug-likeness (QED) is 0.435. The van der Waals surface area contributed by atoms with E-state index >= 15 is 0 Å². The fourth-order valence-corrected chi connectivity index (χ4v) is 5.10. The summed E-state index contributed by atoms with van der Waals surface area (Å²) in [7, 11) is -1.85. The Morgan fingerprint density at radius 3 is 2.77 bits per heavy atom. The molecule has 1 atom stereocenters. The molecule has 2 aromatic heterocycles. The molecule has 9 heteroatoms. The second-order valence-electron chi connectivity index (χ2n) is 9.51. The lowest BCUT2D eigenvalue weighted by Crippen LogP contribution is -2.49. The molecule has 1 amide bonds. The Hall–Kier alpha value is -1.97. The van der Waals surface area contributed by atoms with E-state index in [-0.39, 0.29) is 22.7 Å². The Balaban J connectivity index is 1.78. The van der Waals surface area contributed by atoms with Crippen LogP contribution in [0.5, 0.6) is 0 Å². The SMILES string of the molecule is CC(C)(C)[Si](C)(C)OC1CCCN(c2ccncc2NC(=O)c2nc(Br)ccc2N)C1. The van der Waals surface area contributed by atoms with Crippen LogP contribution < -0.4 is 16.0 Å². The molecular formula is C22H32BrN5O2Si. The molecule has 1 aliphatic rings. The lowest BCUT2D eigenvalue weighted by Gasteiger charge is -2.43. The third-order valence-corrected chi connectivity index (χ3v) is 11.1. The summed E-state index contributed by atoms with van der Waals surface area (Å²) in [5, 5.41) is 3.11. The summed E-state index contributed by atoms with van der Waals surface area (Å²) in [4.78, 5) is 23.5. The number of pyridine rings is 2. The van der Waals surface area contributed by atoms with Crippen LogP contribution in [-0.4, -0.2) is 43.4 Å². The van der Waals surface area contributed by atoms with Crippen molar-refractivity contribution < 1.29 is 9.22 Å². The van der Waals surface area contributed by atoms with Gasteiger partial charge >= 0.3 is 0 Å². The van der Waals surface area contributed by atoms with Crippen LogP contribution in [0.25, 0.3) is 0 Å². The molecule has 7 nitrogen and oxygen atoms in total. The number of halogens is 1. The number of aromatic nitrogens is 2. The van der Waals surface area contributed by atoms with Crippen molar-refractivity contribution in [2.75, 3.05) is 29.0 Å². The van der Waals surface area contributed by atoms with Crippen LogP contribution in [0.3, 0.4) is 0 Å². The van der Waals surface area contributed by atoms with E-state index in [4.69, 9.17) is 10.2 Å². The predicted octanol–water partition coefficient (Wildman–Crippen LogP) is 5.06. The maximum absolute atomic E-state index is 12.8. The molecule has 3 N–H and O–H groups in total. The summed E-state index contributed by atoms with van der Waals surface area (Å²) in [6.45, 7) is 13.1. The highest BCUT2D eigenvalue weighted by Crippen LogP contribution is 2.39. The summed E-state index contributed by atoms with van der Waals surface area (Å²) in [5.74, 6) is -0.362. The minimum Gasteiger partial charge on any atom is -0.412 e. The number of nitrogen functional groups attached to an aromatic ring is 1. The van der Waals surface area contributed by atoms with Crippen LogP contribution >= 0.6 is 15.9 Å². The third kappa shape index (κ3) is 5.64. The zero-order valence-electron chi connectivity index (χ0n) is 18.9. The van der Waals surface area contributed by atoms with Crippen molar-refractivity contribution in [3.8, 4) is 0 Å². The van der Waals surface area contributed by atoms with Crippen molar-refractivity contribution in [1.29, 1.82) is 0 Å². The maximum atomic E-state index is 12.8. The second kappa shape index (κ2) is 9.26. The van der Waals surface area contributed by atoms with Crippen molar-refractivity contribution in [2.24, 2.45) is 0 Å². The highest BCUT2D eigenvalue weighted by Gasteiger charge is 2.40. The molecule has 0 spiro atoms. The molecule has 3 rings (SSSR count). The van der Waals surface area contributed by atoms with Crippen LogP contribution in [0.4, 0.5) is 17.1 Å². The zero-order valence-corrected chi connectivity index (χ0v) is 21.5. The number of nitrogens with zero attached hydrogens (tertiary/aromatic N) is 3. The number of carbonyl (C=O) groups excluding carboxylic acids is 1. The average Bonchev–Trinajstić information content (AvgIpc) is 2.69. The van der Waals surface area contributed by atoms with Gasteiger partial charge in [0.2, 0.25) is 0 Å². The van der Waals surface area contributed by atoms with E-state index < -0.39 is 8.32 Å². The molecular weight excluding hydrogens is 474 g/mol. The van der Waals surface area contributed by atoms with Crippen molar-refractivity contribution >= 4 is 47.2 Å². The molecule has 0 aromatic carbocycles. The summed E-state index contributed by atoms with van der Waals surface area (Å²) in [6, 6.07) is 5.30. The highest BCUT2D eigenvalue weighted by atomic mass is 79.9. The van der Waals surface area contributed by atoms with Gasteiger partial charge < -0.3 is 20.4 Å². The Labute approximate surface area is 194 Å². The van der Waals surface area contributed by atoms with Gasteiger partial charge in [0.15, 0.2) is 14.0 Å². The van der Waals surface area contributed by atoms with Gasteiger partial charge in [0.25, 0.3) is 5.91 Å². The second-order valence-corrected chi connectivity index (χ2v) is 15.1. The summed E-state index contributed by atoms with van der Waals surface area (Å²) in [6.07, 6.45) is 5.67. The van der Waals surface area contributed by atoms with Crippen LogP contribution in [0.15, 0.2) is 35.2 Å². The van der Waals surface area contributed by atoms with Gasteiger partial charge in [-0.25, -0.2) is 4.98 Å². The molecule has 1 aliphatic heterocycles. The van der Waals surface area contributed by atoms with Crippen molar-refractivity contribution in [1.82, 2.24) is 9.97 Å². The van der Waals surface area contributed by atoms with Crippen molar-refractivity contribution in [2.45, 2.75) is 57.8 Å². The lowest BCUT2D eigenvalue weighted by molar-refractivity contribution is 0.102. The standard InChI is InChI=1S/C22H32BrN5O2Si/c1-22(2,3)31(4,5)30-15-7-6-12-28(14-15)18-10-11-25-13-17(18)26-21(29)20-16(24)8-9-19(23)27-20/h8-11,13,15H,6-7,12,14,24H2,1-5H3,(H,26,29).